The maximum Gasteiger partial charge on any atom is 0.283 e. The van der Waals surface area contributed by atoms with Crippen molar-refractivity contribution in [1.82, 2.24) is 15.3 Å². The molecule has 0 aliphatic heterocycles. The quantitative estimate of drug-likeness (QED) is 0.459. The Kier molecular flexibility index (Phi) is 3.93. The molecule has 0 aromatic carbocycles. The molecule has 18 heavy (non-hydrogen) atoms. The first kappa shape index (κ1) is 13.0. The fraction of sp³-hybridized carbons (Fsp3) is 0.538. The summed E-state index contributed by atoms with van der Waals surface area (Å²) in [5.41, 5.74) is 3.35. The molecule has 1 saturated carbocycles. The fourth-order valence-electron chi connectivity index (χ4n) is 2.16. The molecule has 0 bridgehead atoms. The van der Waals surface area contributed by atoms with Gasteiger partial charge in [0.2, 0.25) is 0 Å². The number of rotatable bonds is 5. The molecule has 1 fully saturated rings. The molecule has 1 heterocycles. The average Bonchev–Trinajstić information content (AvgIpc) is 3.03. The fourth-order valence-corrected chi connectivity index (χ4v) is 2.16. The number of hydrazine groups is 1. The maximum absolute atomic E-state index is 11.4. The third-order valence-corrected chi connectivity index (χ3v) is 3.42. The van der Waals surface area contributed by atoms with Crippen LogP contribution in [0.25, 0.3) is 0 Å². The van der Waals surface area contributed by atoms with Gasteiger partial charge in [0.05, 0.1) is 5.69 Å². The van der Waals surface area contributed by atoms with Crippen molar-refractivity contribution in [3.63, 3.8) is 0 Å². The molecule has 0 radical (unpaired) electrons. The predicted molar refractivity (Wildman–Crippen MR) is 69.5 cm³/mol. The first-order valence-corrected chi connectivity index (χ1v) is 6.25. The highest BCUT2D eigenvalue weighted by atomic mass is 16.2. The summed E-state index contributed by atoms with van der Waals surface area (Å²) < 4.78 is 0. The predicted octanol–water partition coefficient (Wildman–Crippen LogP) is 0.773. The van der Waals surface area contributed by atoms with Gasteiger partial charge < -0.3 is 4.90 Å². The first-order chi connectivity index (χ1) is 8.60. The van der Waals surface area contributed by atoms with Gasteiger partial charge >= 0.3 is 0 Å². The number of pyridine rings is 1. The molecule has 1 amide bonds. The number of hydrogen-bond acceptors (Lipinski definition) is 4. The van der Waals surface area contributed by atoms with Crippen LogP contribution in [-0.4, -0.2) is 29.4 Å². The lowest BCUT2D eigenvalue weighted by Gasteiger charge is -2.16. The van der Waals surface area contributed by atoms with E-state index >= 15 is 0 Å². The summed E-state index contributed by atoms with van der Waals surface area (Å²) in [5, 5.41) is 0. The van der Waals surface area contributed by atoms with Crippen LogP contribution in [0.3, 0.4) is 0 Å². The number of nitrogen functional groups attached to an aromatic ring is 1. The van der Waals surface area contributed by atoms with Crippen molar-refractivity contribution in [3.8, 4) is 0 Å². The Balaban J connectivity index is 1.94. The van der Waals surface area contributed by atoms with Gasteiger partial charge in [0.25, 0.3) is 5.91 Å². The Hall–Kier alpha value is -1.46. The molecular formula is C13H20N4O. The van der Waals surface area contributed by atoms with E-state index in [1.54, 1.807) is 6.07 Å². The molecule has 2 atom stereocenters. The topological polar surface area (TPSA) is 71.2 Å². The highest BCUT2D eigenvalue weighted by molar-refractivity contribution is 5.91. The van der Waals surface area contributed by atoms with Crippen LogP contribution < -0.4 is 11.3 Å². The summed E-state index contributed by atoms with van der Waals surface area (Å²) in [4.78, 5) is 17.9. The summed E-state index contributed by atoms with van der Waals surface area (Å²) in [6.45, 7) is 4.13. The molecule has 1 aromatic heterocycles. The van der Waals surface area contributed by atoms with Gasteiger partial charge in [-0.15, -0.1) is 0 Å². The number of amides is 1. The zero-order valence-corrected chi connectivity index (χ0v) is 10.9. The van der Waals surface area contributed by atoms with Crippen molar-refractivity contribution >= 4 is 5.91 Å². The van der Waals surface area contributed by atoms with E-state index in [1.807, 2.05) is 12.1 Å². The molecule has 1 aromatic rings. The number of nitrogens with two attached hydrogens (primary N) is 1. The van der Waals surface area contributed by atoms with Crippen LogP contribution in [0.4, 0.5) is 0 Å². The van der Waals surface area contributed by atoms with Gasteiger partial charge in [0.1, 0.15) is 5.69 Å². The highest BCUT2D eigenvalue weighted by Crippen LogP contribution is 2.38. The highest BCUT2D eigenvalue weighted by Gasteiger charge is 2.33. The van der Waals surface area contributed by atoms with E-state index in [9.17, 15) is 4.79 Å². The van der Waals surface area contributed by atoms with Crippen LogP contribution in [-0.2, 0) is 6.54 Å². The number of nitrogens with zero attached hydrogens (tertiary/aromatic N) is 2. The second kappa shape index (κ2) is 5.46. The van der Waals surface area contributed by atoms with Crippen LogP contribution in [0, 0.1) is 11.8 Å². The van der Waals surface area contributed by atoms with E-state index in [0.717, 1.165) is 30.6 Å². The Bertz CT molecular complexity index is 435. The molecule has 5 heteroatoms. The van der Waals surface area contributed by atoms with Crippen LogP contribution in [0.1, 0.15) is 29.5 Å². The number of carbonyl (C=O) groups excluding carboxylic acids is 1. The monoisotopic (exact) mass is 248 g/mol. The Morgan fingerprint density at radius 1 is 1.61 bits per heavy atom. The molecular weight excluding hydrogens is 228 g/mol. The van der Waals surface area contributed by atoms with Gasteiger partial charge in [0, 0.05) is 13.1 Å². The molecule has 0 spiro atoms. The number of carbonyl (C=O) groups is 1. The van der Waals surface area contributed by atoms with E-state index in [0.29, 0.717) is 5.69 Å². The van der Waals surface area contributed by atoms with Crippen LogP contribution >= 0.6 is 0 Å². The third-order valence-electron chi connectivity index (χ3n) is 3.42. The largest absolute Gasteiger partial charge is 0.300 e. The summed E-state index contributed by atoms with van der Waals surface area (Å²) in [7, 11) is 2.09. The smallest absolute Gasteiger partial charge is 0.283 e. The van der Waals surface area contributed by atoms with Gasteiger partial charge in [-0.2, -0.15) is 0 Å². The minimum Gasteiger partial charge on any atom is -0.300 e. The van der Waals surface area contributed by atoms with Crippen LogP contribution in [0.2, 0.25) is 0 Å². The van der Waals surface area contributed by atoms with Gasteiger partial charge in [-0.05, 0) is 37.4 Å². The van der Waals surface area contributed by atoms with E-state index in [2.05, 4.69) is 29.3 Å². The third kappa shape index (κ3) is 3.27. The number of aromatic nitrogens is 1. The van der Waals surface area contributed by atoms with Crippen LogP contribution in [0.5, 0.6) is 0 Å². The van der Waals surface area contributed by atoms with Gasteiger partial charge in [-0.25, -0.2) is 10.8 Å². The van der Waals surface area contributed by atoms with Crippen molar-refractivity contribution < 1.29 is 4.79 Å². The summed E-state index contributed by atoms with van der Waals surface area (Å²) in [6, 6.07) is 5.43. The Morgan fingerprint density at radius 3 is 2.94 bits per heavy atom. The summed E-state index contributed by atoms with van der Waals surface area (Å²) in [6.07, 6.45) is 1.33. The minimum atomic E-state index is -0.352. The molecule has 2 rings (SSSR count). The molecule has 3 N–H and O–H groups in total. The molecule has 1 aliphatic carbocycles. The average molecular weight is 248 g/mol. The second-order valence-corrected chi connectivity index (χ2v) is 5.16. The van der Waals surface area contributed by atoms with Crippen molar-refractivity contribution in [2.45, 2.75) is 19.9 Å². The van der Waals surface area contributed by atoms with Crippen LogP contribution in [0.15, 0.2) is 18.2 Å². The normalized spacial score (nSPS) is 22.0. The summed E-state index contributed by atoms with van der Waals surface area (Å²) in [5.74, 6) is 6.42. The molecule has 0 saturated heterocycles. The van der Waals surface area contributed by atoms with Gasteiger partial charge in [0.15, 0.2) is 0 Å². The Morgan fingerprint density at radius 2 is 2.33 bits per heavy atom. The zero-order chi connectivity index (χ0) is 13.1. The van der Waals surface area contributed by atoms with Crippen molar-refractivity contribution in [2.24, 2.45) is 17.7 Å². The minimum absolute atomic E-state index is 0.352. The molecule has 2 unspecified atom stereocenters. The van der Waals surface area contributed by atoms with Gasteiger partial charge in [-0.3, -0.25) is 10.2 Å². The van der Waals surface area contributed by atoms with E-state index < -0.39 is 0 Å². The van der Waals surface area contributed by atoms with E-state index in [-0.39, 0.29) is 5.91 Å². The second-order valence-electron chi connectivity index (χ2n) is 5.16. The lowest BCUT2D eigenvalue weighted by atomic mass is 10.2. The maximum atomic E-state index is 11.4. The van der Waals surface area contributed by atoms with Crippen molar-refractivity contribution in [2.75, 3.05) is 13.6 Å². The first-order valence-electron chi connectivity index (χ1n) is 6.25. The zero-order valence-electron chi connectivity index (χ0n) is 10.9. The summed E-state index contributed by atoms with van der Waals surface area (Å²) >= 11 is 0. The molecule has 5 nitrogen and oxygen atoms in total. The van der Waals surface area contributed by atoms with E-state index in [1.165, 1.54) is 6.42 Å². The number of nitrogens with one attached hydrogen (secondary N) is 1. The Labute approximate surface area is 107 Å². The lowest BCUT2D eigenvalue weighted by Crippen LogP contribution is -2.31. The molecule has 98 valence electrons. The standard InChI is InChI=1S/C13H20N4O/c1-9-6-10(9)7-17(2)8-11-4-3-5-12(15-11)13(18)16-14/h3-5,9-10H,6-8,14H2,1-2H3,(H,16,18). The van der Waals surface area contributed by atoms with Crippen molar-refractivity contribution in [1.29, 1.82) is 0 Å². The molecule has 1 aliphatic rings. The van der Waals surface area contributed by atoms with Crippen molar-refractivity contribution in [3.05, 3.63) is 29.6 Å². The number of hydrogen-bond donors (Lipinski definition) is 2. The SMILES string of the molecule is CC1CC1CN(C)Cc1cccc(C(=O)NN)n1. The van der Waals surface area contributed by atoms with E-state index in [4.69, 9.17) is 5.84 Å². The lowest BCUT2D eigenvalue weighted by molar-refractivity contribution is 0.0948. The van der Waals surface area contributed by atoms with Gasteiger partial charge in [-0.1, -0.05) is 13.0 Å².